The maximum Gasteiger partial charge on any atom is 0.158 e. The lowest BCUT2D eigenvalue weighted by atomic mass is 9.67. The van der Waals surface area contributed by atoms with Crippen molar-refractivity contribution in [3.05, 3.63) is 47.9 Å². The number of aromatic nitrogens is 4. The molecular weight excluding hydrogens is 434 g/mol. The number of aromatic amines is 2. The van der Waals surface area contributed by atoms with E-state index in [2.05, 4.69) is 70.0 Å². The van der Waals surface area contributed by atoms with Crippen LogP contribution < -0.4 is 0 Å². The average molecular weight is 472 g/mol. The Hall–Kier alpha value is -2.70. The van der Waals surface area contributed by atoms with Gasteiger partial charge in [-0.25, -0.2) is 9.97 Å². The first kappa shape index (κ1) is 22.7. The van der Waals surface area contributed by atoms with Crippen LogP contribution in [0.15, 0.2) is 36.5 Å². The Morgan fingerprint density at radius 1 is 1.06 bits per heavy atom. The fourth-order valence-electron chi connectivity index (χ4n) is 6.19. The normalized spacial score (nSPS) is 24.7. The van der Waals surface area contributed by atoms with E-state index in [1.807, 2.05) is 19.2 Å². The number of nitrogens with one attached hydrogen (secondary N) is 2. The Morgan fingerprint density at radius 2 is 1.89 bits per heavy atom. The van der Waals surface area contributed by atoms with Gasteiger partial charge in [0, 0.05) is 40.9 Å². The molecule has 0 unspecified atom stereocenters. The summed E-state index contributed by atoms with van der Waals surface area (Å²) in [4.78, 5) is 18.5. The molecule has 184 valence electrons. The highest BCUT2D eigenvalue weighted by Crippen LogP contribution is 2.46. The zero-order valence-electron chi connectivity index (χ0n) is 21.4. The van der Waals surface area contributed by atoms with Crippen molar-refractivity contribution < 1.29 is 4.74 Å². The molecule has 1 aromatic carbocycles. The summed E-state index contributed by atoms with van der Waals surface area (Å²) < 4.78 is 6.22. The molecule has 4 heterocycles. The van der Waals surface area contributed by atoms with Gasteiger partial charge in [-0.15, -0.1) is 0 Å². The summed E-state index contributed by atoms with van der Waals surface area (Å²) in [6.45, 7) is 8.36. The van der Waals surface area contributed by atoms with E-state index in [-0.39, 0.29) is 5.60 Å². The van der Waals surface area contributed by atoms with Gasteiger partial charge < -0.3 is 14.7 Å². The predicted octanol–water partition coefficient (Wildman–Crippen LogP) is 6.36. The topological polar surface area (TPSA) is 69.8 Å². The average Bonchev–Trinajstić information content (AvgIpc) is 3.43. The zero-order valence-corrected chi connectivity index (χ0v) is 21.4. The quantitative estimate of drug-likeness (QED) is 0.363. The Labute approximate surface area is 207 Å². The van der Waals surface area contributed by atoms with Gasteiger partial charge in [-0.2, -0.15) is 0 Å². The Balaban J connectivity index is 1.15. The Morgan fingerprint density at radius 3 is 2.66 bits per heavy atom. The SMILES string of the molecule is Cc1nc2c(-c3cc4ccc(CN(C)C5CCC6(CC5)CCC(C)(C)OC6)cc4[nH]3)ccnc2[nH]1. The molecule has 1 saturated carbocycles. The van der Waals surface area contributed by atoms with Gasteiger partial charge in [0.15, 0.2) is 5.65 Å². The number of nitrogens with zero attached hydrogens (tertiary/aromatic N) is 3. The van der Waals surface area contributed by atoms with Crippen molar-refractivity contribution in [2.75, 3.05) is 13.7 Å². The third kappa shape index (κ3) is 4.38. The van der Waals surface area contributed by atoms with Gasteiger partial charge in [0.1, 0.15) is 11.3 Å². The van der Waals surface area contributed by atoms with E-state index in [0.29, 0.717) is 11.5 Å². The second-order valence-electron chi connectivity index (χ2n) is 11.7. The van der Waals surface area contributed by atoms with Crippen LogP contribution in [0.3, 0.4) is 0 Å². The standard InChI is InChI=1S/C29H37N5O/c1-19-31-26-23(9-14-30-27(26)32-19)25-16-21-6-5-20(15-24(21)33-25)17-34(4)22-7-10-29(11-8-22)13-12-28(2,3)35-18-29/h5-6,9,14-16,22,33H,7-8,10-13,17-18H2,1-4H3,(H,30,31,32). The van der Waals surface area contributed by atoms with Crippen LogP contribution in [-0.4, -0.2) is 50.1 Å². The second kappa shape index (κ2) is 8.45. The fraction of sp³-hybridized carbons (Fsp3) is 0.517. The van der Waals surface area contributed by atoms with E-state index >= 15 is 0 Å². The molecule has 0 amide bonds. The number of ether oxygens (including phenoxy) is 1. The molecule has 2 fully saturated rings. The molecule has 6 heteroatoms. The molecule has 1 spiro atoms. The van der Waals surface area contributed by atoms with E-state index in [1.54, 1.807) is 0 Å². The number of aryl methyl sites for hydroxylation is 1. The Kier molecular flexibility index (Phi) is 5.49. The van der Waals surface area contributed by atoms with Gasteiger partial charge in [-0.3, -0.25) is 4.90 Å². The van der Waals surface area contributed by atoms with Crippen LogP contribution in [0.1, 0.15) is 63.8 Å². The van der Waals surface area contributed by atoms with Crippen molar-refractivity contribution >= 4 is 22.1 Å². The smallest absolute Gasteiger partial charge is 0.158 e. The summed E-state index contributed by atoms with van der Waals surface area (Å²) in [7, 11) is 2.29. The number of rotatable bonds is 4. The van der Waals surface area contributed by atoms with Crippen molar-refractivity contribution in [1.82, 2.24) is 24.8 Å². The first-order chi connectivity index (χ1) is 16.8. The number of hydrogen-bond acceptors (Lipinski definition) is 4. The van der Waals surface area contributed by atoms with Gasteiger partial charge >= 0.3 is 0 Å². The number of pyridine rings is 1. The highest BCUT2D eigenvalue weighted by molar-refractivity contribution is 5.94. The first-order valence-corrected chi connectivity index (χ1v) is 13.1. The second-order valence-corrected chi connectivity index (χ2v) is 11.7. The summed E-state index contributed by atoms with van der Waals surface area (Å²) in [5.41, 5.74) is 6.94. The minimum Gasteiger partial charge on any atom is -0.375 e. The molecule has 4 aromatic rings. The zero-order chi connectivity index (χ0) is 24.2. The molecular formula is C29H37N5O. The summed E-state index contributed by atoms with van der Waals surface area (Å²) in [6.07, 6.45) is 9.50. The van der Waals surface area contributed by atoms with Crippen molar-refractivity contribution in [2.24, 2.45) is 5.41 Å². The molecule has 6 nitrogen and oxygen atoms in total. The molecule has 1 saturated heterocycles. The van der Waals surface area contributed by atoms with E-state index in [9.17, 15) is 0 Å². The molecule has 0 bridgehead atoms. The molecule has 35 heavy (non-hydrogen) atoms. The van der Waals surface area contributed by atoms with Crippen LogP contribution in [0.5, 0.6) is 0 Å². The van der Waals surface area contributed by atoms with Crippen molar-refractivity contribution in [1.29, 1.82) is 0 Å². The van der Waals surface area contributed by atoms with Crippen LogP contribution in [0.2, 0.25) is 0 Å². The monoisotopic (exact) mass is 471 g/mol. The van der Waals surface area contributed by atoms with Crippen molar-refractivity contribution in [3.8, 4) is 11.3 Å². The molecule has 3 aromatic heterocycles. The minimum absolute atomic E-state index is 0.0652. The molecule has 2 N–H and O–H groups in total. The molecule has 0 atom stereocenters. The van der Waals surface area contributed by atoms with Gasteiger partial charge in [-0.05, 0) is 95.5 Å². The van der Waals surface area contributed by atoms with Crippen LogP contribution in [0, 0.1) is 12.3 Å². The third-order valence-corrected chi connectivity index (χ3v) is 8.58. The van der Waals surface area contributed by atoms with Gasteiger partial charge in [-0.1, -0.05) is 12.1 Å². The van der Waals surface area contributed by atoms with E-state index in [4.69, 9.17) is 4.74 Å². The lowest BCUT2D eigenvalue weighted by Gasteiger charge is -2.48. The van der Waals surface area contributed by atoms with Gasteiger partial charge in [0.2, 0.25) is 0 Å². The maximum atomic E-state index is 6.22. The fourth-order valence-corrected chi connectivity index (χ4v) is 6.19. The van der Waals surface area contributed by atoms with Crippen LogP contribution >= 0.6 is 0 Å². The van der Waals surface area contributed by atoms with Gasteiger partial charge in [0.25, 0.3) is 0 Å². The summed E-state index contributed by atoms with van der Waals surface area (Å²) in [5.74, 6) is 0.884. The number of H-pyrrole nitrogens is 2. The highest BCUT2D eigenvalue weighted by atomic mass is 16.5. The number of imidazole rings is 1. The summed E-state index contributed by atoms with van der Waals surface area (Å²) in [5, 5.41) is 1.23. The number of fused-ring (bicyclic) bond motifs is 2. The van der Waals surface area contributed by atoms with Crippen LogP contribution in [0.25, 0.3) is 33.3 Å². The molecule has 0 radical (unpaired) electrons. The van der Waals surface area contributed by atoms with E-state index < -0.39 is 0 Å². The summed E-state index contributed by atoms with van der Waals surface area (Å²) >= 11 is 0. The van der Waals surface area contributed by atoms with E-state index in [0.717, 1.165) is 41.4 Å². The number of benzene rings is 1. The van der Waals surface area contributed by atoms with Crippen LogP contribution in [-0.2, 0) is 11.3 Å². The van der Waals surface area contributed by atoms with Gasteiger partial charge in [0.05, 0.1) is 12.2 Å². The van der Waals surface area contributed by atoms with Crippen molar-refractivity contribution in [3.63, 3.8) is 0 Å². The van der Waals surface area contributed by atoms with Crippen LogP contribution in [0.4, 0.5) is 0 Å². The largest absolute Gasteiger partial charge is 0.375 e. The number of hydrogen-bond donors (Lipinski definition) is 2. The molecule has 1 aliphatic carbocycles. The summed E-state index contributed by atoms with van der Waals surface area (Å²) in [6, 6.07) is 11.7. The lowest BCUT2D eigenvalue weighted by molar-refractivity contribution is -0.128. The molecule has 1 aliphatic heterocycles. The highest BCUT2D eigenvalue weighted by Gasteiger charge is 2.42. The van der Waals surface area contributed by atoms with E-state index in [1.165, 1.54) is 55.0 Å². The minimum atomic E-state index is 0.0652. The molecule has 2 aliphatic rings. The molecule has 6 rings (SSSR count). The van der Waals surface area contributed by atoms with Crippen molar-refractivity contribution in [2.45, 2.75) is 77.5 Å². The third-order valence-electron chi connectivity index (χ3n) is 8.58. The first-order valence-electron chi connectivity index (χ1n) is 13.1. The maximum absolute atomic E-state index is 6.22. The predicted molar refractivity (Wildman–Crippen MR) is 141 cm³/mol. The Bertz CT molecular complexity index is 1350. The lowest BCUT2D eigenvalue weighted by Crippen LogP contribution is -2.45.